The van der Waals surface area contributed by atoms with Gasteiger partial charge >= 0.3 is 0 Å². The van der Waals surface area contributed by atoms with Crippen LogP contribution in [-0.2, 0) is 10.8 Å². The van der Waals surface area contributed by atoms with E-state index in [0.29, 0.717) is 21.7 Å². The lowest BCUT2D eigenvalue weighted by Gasteiger charge is -2.23. The van der Waals surface area contributed by atoms with Crippen molar-refractivity contribution in [3.8, 4) is 0 Å². The molecule has 0 saturated carbocycles. The minimum Gasteiger partial charge on any atom is -0.332 e. The maximum absolute atomic E-state index is 12.5. The van der Waals surface area contributed by atoms with Gasteiger partial charge in [0.05, 0.1) is 10.9 Å². The molecule has 1 aliphatic heterocycles. The fourth-order valence-electron chi connectivity index (χ4n) is 2.55. The Hall–Kier alpha value is -1.27. The van der Waals surface area contributed by atoms with Crippen molar-refractivity contribution in [1.29, 1.82) is 0 Å². The number of aromatic nitrogens is 2. The van der Waals surface area contributed by atoms with Crippen molar-refractivity contribution in [3.63, 3.8) is 0 Å². The summed E-state index contributed by atoms with van der Waals surface area (Å²) in [6.45, 7) is 0. The number of nitrogens with one attached hydrogen (secondary N) is 1. The fraction of sp³-hybridized carbons (Fsp3) is 0.385. The zero-order valence-corrected chi connectivity index (χ0v) is 11.9. The third-order valence-corrected chi connectivity index (χ3v) is 5.24. The Morgan fingerprint density at radius 3 is 2.68 bits per heavy atom. The highest BCUT2D eigenvalue weighted by molar-refractivity contribution is 7.85. The maximum Gasteiger partial charge on any atom is 0.262 e. The largest absolute Gasteiger partial charge is 0.332 e. The average Bonchev–Trinajstić information content (AvgIpc) is 2.41. The fourth-order valence-corrected chi connectivity index (χ4v) is 4.16. The van der Waals surface area contributed by atoms with E-state index in [2.05, 4.69) is 4.98 Å². The Morgan fingerprint density at radius 1 is 1.26 bits per heavy atom. The smallest absolute Gasteiger partial charge is 0.262 e. The molecule has 1 aromatic carbocycles. The van der Waals surface area contributed by atoms with E-state index in [1.807, 2.05) is 18.2 Å². The number of benzene rings is 1. The summed E-state index contributed by atoms with van der Waals surface area (Å²) in [7, 11) is -0.735. The Balaban J connectivity index is 2.16. The minimum atomic E-state index is -0.735. The molecule has 0 radical (unpaired) electrons. The van der Waals surface area contributed by atoms with Crippen LogP contribution in [0.15, 0.2) is 29.1 Å². The molecule has 100 valence electrons. The van der Waals surface area contributed by atoms with Gasteiger partial charge in [0.1, 0.15) is 0 Å². The minimum absolute atomic E-state index is 0.0444. The number of para-hydroxylation sites is 1. The summed E-state index contributed by atoms with van der Waals surface area (Å²) in [6.07, 6.45) is 1.50. The van der Waals surface area contributed by atoms with E-state index in [1.54, 1.807) is 10.6 Å². The third-order valence-electron chi connectivity index (χ3n) is 3.56. The van der Waals surface area contributed by atoms with Gasteiger partial charge in [0, 0.05) is 28.3 Å². The predicted molar refractivity (Wildman–Crippen MR) is 79.5 cm³/mol. The highest BCUT2D eigenvalue weighted by Crippen LogP contribution is 2.21. The molecule has 0 spiro atoms. The SMILES string of the molecule is O=c1c2ccccc2[nH]c(=S)n1C1CCS(=O)CC1. The molecule has 6 heteroatoms. The molecule has 2 heterocycles. The van der Waals surface area contributed by atoms with Crippen LogP contribution < -0.4 is 5.56 Å². The van der Waals surface area contributed by atoms with Gasteiger partial charge in [-0.05, 0) is 37.2 Å². The number of nitrogens with zero attached hydrogens (tertiary/aromatic N) is 1. The van der Waals surface area contributed by atoms with Crippen molar-refractivity contribution in [2.24, 2.45) is 0 Å². The maximum atomic E-state index is 12.5. The number of H-pyrrole nitrogens is 1. The third kappa shape index (κ3) is 2.30. The molecule has 0 atom stereocenters. The first-order chi connectivity index (χ1) is 9.16. The van der Waals surface area contributed by atoms with Crippen LogP contribution in [-0.4, -0.2) is 25.3 Å². The Kier molecular flexibility index (Phi) is 3.36. The zero-order chi connectivity index (χ0) is 13.4. The lowest BCUT2D eigenvalue weighted by atomic mass is 10.1. The summed E-state index contributed by atoms with van der Waals surface area (Å²) in [6, 6.07) is 7.45. The summed E-state index contributed by atoms with van der Waals surface area (Å²) < 4.78 is 13.5. The second-order valence-electron chi connectivity index (χ2n) is 4.73. The Labute approximate surface area is 117 Å². The molecule has 0 unspecified atom stereocenters. The van der Waals surface area contributed by atoms with Crippen LogP contribution in [0.25, 0.3) is 10.9 Å². The highest BCUT2D eigenvalue weighted by atomic mass is 32.2. The van der Waals surface area contributed by atoms with E-state index in [4.69, 9.17) is 12.2 Å². The van der Waals surface area contributed by atoms with E-state index in [0.717, 1.165) is 18.4 Å². The summed E-state index contributed by atoms with van der Waals surface area (Å²) in [4.78, 5) is 15.6. The first-order valence-corrected chi connectivity index (χ1v) is 8.15. The zero-order valence-electron chi connectivity index (χ0n) is 10.3. The number of aromatic amines is 1. The van der Waals surface area contributed by atoms with E-state index >= 15 is 0 Å². The van der Waals surface area contributed by atoms with Crippen molar-refractivity contribution in [2.75, 3.05) is 11.5 Å². The molecule has 1 saturated heterocycles. The van der Waals surface area contributed by atoms with Crippen molar-refractivity contribution >= 4 is 33.9 Å². The molecule has 1 fully saturated rings. The second kappa shape index (κ2) is 5.02. The molecule has 0 aliphatic carbocycles. The quantitative estimate of drug-likeness (QED) is 0.820. The monoisotopic (exact) mass is 294 g/mol. The molecular weight excluding hydrogens is 280 g/mol. The van der Waals surface area contributed by atoms with Crippen LogP contribution in [0.3, 0.4) is 0 Å². The molecule has 1 aromatic heterocycles. The molecule has 0 bridgehead atoms. The van der Waals surface area contributed by atoms with Crippen LogP contribution >= 0.6 is 12.2 Å². The molecule has 3 rings (SSSR count). The summed E-state index contributed by atoms with van der Waals surface area (Å²) in [5, 5.41) is 0.655. The van der Waals surface area contributed by atoms with Crippen LogP contribution in [0, 0.1) is 4.77 Å². The first kappa shape index (κ1) is 12.7. The number of rotatable bonds is 1. The van der Waals surface area contributed by atoms with Crippen molar-refractivity contribution in [2.45, 2.75) is 18.9 Å². The van der Waals surface area contributed by atoms with Crippen LogP contribution in [0.2, 0.25) is 0 Å². The normalized spacial score (nSPS) is 23.6. The van der Waals surface area contributed by atoms with E-state index in [1.165, 1.54) is 0 Å². The molecule has 1 N–H and O–H groups in total. The van der Waals surface area contributed by atoms with Crippen LogP contribution in [0.4, 0.5) is 0 Å². The van der Waals surface area contributed by atoms with Gasteiger partial charge in [-0.3, -0.25) is 13.6 Å². The molecule has 0 amide bonds. The van der Waals surface area contributed by atoms with E-state index in [9.17, 15) is 9.00 Å². The van der Waals surface area contributed by atoms with Gasteiger partial charge in [-0.1, -0.05) is 12.1 Å². The van der Waals surface area contributed by atoms with Gasteiger partial charge in [0.2, 0.25) is 0 Å². The standard InChI is InChI=1S/C13H14N2O2S2/c16-12-10-3-1-2-4-11(10)14-13(18)15(12)9-5-7-19(17)8-6-9/h1-4,9H,5-8H2,(H,14,18). The van der Waals surface area contributed by atoms with Crippen LogP contribution in [0.1, 0.15) is 18.9 Å². The number of hydrogen-bond donors (Lipinski definition) is 1. The molecule has 4 nitrogen and oxygen atoms in total. The van der Waals surface area contributed by atoms with E-state index in [-0.39, 0.29) is 11.6 Å². The van der Waals surface area contributed by atoms with Gasteiger partial charge in [-0.15, -0.1) is 0 Å². The van der Waals surface area contributed by atoms with Gasteiger partial charge < -0.3 is 4.98 Å². The number of hydrogen-bond acceptors (Lipinski definition) is 3. The van der Waals surface area contributed by atoms with Crippen molar-refractivity contribution < 1.29 is 4.21 Å². The predicted octanol–water partition coefficient (Wildman–Crippen LogP) is 2.14. The van der Waals surface area contributed by atoms with Gasteiger partial charge in [0.15, 0.2) is 4.77 Å². The molecule has 19 heavy (non-hydrogen) atoms. The molecule has 2 aromatic rings. The highest BCUT2D eigenvalue weighted by Gasteiger charge is 2.21. The Morgan fingerprint density at radius 2 is 1.95 bits per heavy atom. The average molecular weight is 294 g/mol. The lowest BCUT2D eigenvalue weighted by molar-refractivity contribution is 0.442. The summed E-state index contributed by atoms with van der Waals surface area (Å²) in [5.74, 6) is 1.30. The second-order valence-corrected chi connectivity index (χ2v) is 6.81. The number of fused-ring (bicyclic) bond motifs is 1. The van der Waals surface area contributed by atoms with Gasteiger partial charge in [-0.25, -0.2) is 0 Å². The topological polar surface area (TPSA) is 54.9 Å². The first-order valence-electron chi connectivity index (χ1n) is 6.25. The molecular formula is C13H14N2O2S2. The van der Waals surface area contributed by atoms with Crippen molar-refractivity contribution in [1.82, 2.24) is 9.55 Å². The van der Waals surface area contributed by atoms with Crippen LogP contribution in [0.5, 0.6) is 0 Å². The van der Waals surface area contributed by atoms with Gasteiger partial charge in [0.25, 0.3) is 5.56 Å². The lowest BCUT2D eigenvalue weighted by Crippen LogP contribution is -2.31. The van der Waals surface area contributed by atoms with Crippen molar-refractivity contribution in [3.05, 3.63) is 39.4 Å². The summed E-state index contributed by atoms with van der Waals surface area (Å²) >= 11 is 5.31. The summed E-state index contributed by atoms with van der Waals surface area (Å²) in [5.41, 5.74) is 0.727. The van der Waals surface area contributed by atoms with Gasteiger partial charge in [-0.2, -0.15) is 0 Å². The molecule has 1 aliphatic rings. The Bertz CT molecular complexity index is 753. The van der Waals surface area contributed by atoms with E-state index < -0.39 is 10.8 Å².